The molecule has 0 radical (unpaired) electrons. The van der Waals surface area contributed by atoms with Crippen molar-refractivity contribution in [3.63, 3.8) is 0 Å². The highest BCUT2D eigenvalue weighted by Gasteiger charge is 2.22. The first-order valence-electron chi connectivity index (χ1n) is 8.05. The maximum absolute atomic E-state index is 12.9. The number of hydrogen-bond acceptors (Lipinski definition) is 0. The Kier molecular flexibility index (Phi) is 6.09. The van der Waals surface area contributed by atoms with Crippen LogP contribution in [-0.4, -0.2) is 8.80 Å². The third kappa shape index (κ3) is 4.76. The molecule has 1 aromatic rings. The molecule has 1 aromatic carbocycles. The van der Waals surface area contributed by atoms with Gasteiger partial charge >= 0.3 is 0 Å². The number of benzene rings is 1. The lowest BCUT2D eigenvalue weighted by Crippen LogP contribution is -2.20. The minimum atomic E-state index is -0.415. The summed E-state index contributed by atoms with van der Waals surface area (Å²) < 4.78 is 12.9. The van der Waals surface area contributed by atoms with Crippen LogP contribution >= 0.6 is 0 Å². The van der Waals surface area contributed by atoms with E-state index < -0.39 is 8.80 Å². The van der Waals surface area contributed by atoms with E-state index in [9.17, 15) is 4.39 Å². The van der Waals surface area contributed by atoms with Crippen LogP contribution in [0.5, 0.6) is 0 Å². The summed E-state index contributed by atoms with van der Waals surface area (Å²) in [5.74, 6) is 0.600. The summed E-state index contributed by atoms with van der Waals surface area (Å²) in [5, 5.41) is 0. The second kappa shape index (κ2) is 7.84. The molecule has 1 aliphatic rings. The number of hydrogen-bond donors (Lipinski definition) is 0. The Balaban J connectivity index is 1.71. The first-order chi connectivity index (χ1) is 9.29. The molecule has 106 valence electrons. The van der Waals surface area contributed by atoms with E-state index in [1.165, 1.54) is 56.2 Å². The van der Waals surface area contributed by atoms with Gasteiger partial charge in [-0.2, -0.15) is 0 Å². The zero-order valence-electron chi connectivity index (χ0n) is 12.2. The summed E-state index contributed by atoms with van der Waals surface area (Å²) in [7, 11) is -0.415. The number of rotatable bonds is 6. The third-order valence-electron chi connectivity index (χ3n) is 4.65. The van der Waals surface area contributed by atoms with Gasteiger partial charge in [-0.3, -0.25) is 0 Å². The molecule has 0 aliphatic carbocycles. The highest BCUT2D eigenvalue weighted by Crippen LogP contribution is 2.35. The maximum Gasteiger partial charge on any atom is 0.123 e. The topological polar surface area (TPSA) is 0 Å². The van der Waals surface area contributed by atoms with Crippen LogP contribution in [0.15, 0.2) is 24.3 Å². The van der Waals surface area contributed by atoms with Crippen molar-refractivity contribution in [2.24, 2.45) is 0 Å². The molecule has 1 heterocycles. The monoisotopic (exact) mass is 278 g/mol. The van der Waals surface area contributed by atoms with Gasteiger partial charge < -0.3 is 0 Å². The summed E-state index contributed by atoms with van der Waals surface area (Å²) in [4.78, 5) is 0. The van der Waals surface area contributed by atoms with E-state index in [1.54, 1.807) is 18.2 Å². The highest BCUT2D eigenvalue weighted by atomic mass is 28.3. The molecular formula is C17H27FSi. The zero-order valence-corrected chi connectivity index (χ0v) is 13.4. The van der Waals surface area contributed by atoms with Crippen molar-refractivity contribution in [1.29, 1.82) is 0 Å². The van der Waals surface area contributed by atoms with E-state index in [-0.39, 0.29) is 5.82 Å². The van der Waals surface area contributed by atoms with Crippen molar-refractivity contribution in [3.8, 4) is 0 Å². The lowest BCUT2D eigenvalue weighted by atomic mass is 9.93. The second-order valence-corrected chi connectivity index (χ2v) is 9.58. The van der Waals surface area contributed by atoms with Gasteiger partial charge in [0.2, 0.25) is 0 Å². The van der Waals surface area contributed by atoms with Gasteiger partial charge in [0.25, 0.3) is 0 Å². The van der Waals surface area contributed by atoms with Gasteiger partial charge in [-0.05, 0) is 36.5 Å². The highest BCUT2D eigenvalue weighted by molar-refractivity contribution is 6.59. The van der Waals surface area contributed by atoms with E-state index in [2.05, 4.69) is 6.92 Å². The van der Waals surface area contributed by atoms with Gasteiger partial charge in [0, 0.05) is 8.80 Å². The SMILES string of the molecule is CCCCCC[Si@H]1CC[C@H](c2ccc(F)cc2)CC1. The minimum absolute atomic E-state index is 0.109. The van der Waals surface area contributed by atoms with Crippen LogP contribution in [0.1, 0.15) is 56.9 Å². The fourth-order valence-electron chi connectivity index (χ4n) is 3.38. The van der Waals surface area contributed by atoms with E-state index in [4.69, 9.17) is 0 Å². The van der Waals surface area contributed by atoms with Crippen LogP contribution in [0.25, 0.3) is 0 Å². The molecule has 0 nitrogen and oxygen atoms in total. The molecule has 0 saturated carbocycles. The van der Waals surface area contributed by atoms with Crippen molar-refractivity contribution in [2.75, 3.05) is 0 Å². The van der Waals surface area contributed by atoms with Gasteiger partial charge in [-0.25, -0.2) is 4.39 Å². The van der Waals surface area contributed by atoms with Gasteiger partial charge in [0.15, 0.2) is 0 Å². The van der Waals surface area contributed by atoms with Crippen LogP contribution in [0, 0.1) is 5.82 Å². The first-order valence-corrected chi connectivity index (χ1v) is 10.5. The predicted octanol–water partition coefficient (Wildman–Crippen LogP) is 5.51. The molecule has 1 saturated heterocycles. The Labute approximate surface area is 119 Å². The maximum atomic E-state index is 12.9. The van der Waals surface area contributed by atoms with Crippen LogP contribution in [0.2, 0.25) is 18.1 Å². The largest absolute Gasteiger partial charge is 0.207 e. The average Bonchev–Trinajstić information content (AvgIpc) is 2.45. The molecule has 0 amide bonds. The third-order valence-corrected chi connectivity index (χ3v) is 8.18. The molecule has 0 aromatic heterocycles. The van der Waals surface area contributed by atoms with Gasteiger partial charge in [0.1, 0.15) is 5.82 Å². The Morgan fingerprint density at radius 1 is 1.05 bits per heavy atom. The predicted molar refractivity (Wildman–Crippen MR) is 84.1 cm³/mol. The summed E-state index contributed by atoms with van der Waals surface area (Å²) >= 11 is 0. The van der Waals surface area contributed by atoms with Crippen molar-refractivity contribution < 1.29 is 4.39 Å². The minimum Gasteiger partial charge on any atom is -0.207 e. The molecule has 0 unspecified atom stereocenters. The van der Waals surface area contributed by atoms with Crippen molar-refractivity contribution in [2.45, 2.75) is 69.5 Å². The summed E-state index contributed by atoms with van der Waals surface area (Å²) in [6.07, 6.45) is 8.40. The standard InChI is InChI=1S/C17H27FSi/c1-2-3-4-5-12-19-13-10-16(11-14-19)15-6-8-17(18)9-7-15/h6-9,16,19H,2-5,10-14H2,1H3/t16-,19-. The Hall–Kier alpha value is -0.633. The molecule has 2 heteroatoms. The average molecular weight is 278 g/mol. The summed E-state index contributed by atoms with van der Waals surface area (Å²) in [5.41, 5.74) is 1.36. The van der Waals surface area contributed by atoms with Crippen molar-refractivity contribution >= 4 is 8.80 Å². The lowest BCUT2D eigenvalue weighted by molar-refractivity contribution is 0.595. The molecule has 0 spiro atoms. The fourth-order valence-corrected chi connectivity index (χ4v) is 6.86. The van der Waals surface area contributed by atoms with E-state index in [1.807, 2.05) is 12.1 Å². The Bertz CT molecular complexity index is 352. The molecule has 2 rings (SSSR count). The van der Waals surface area contributed by atoms with Crippen LogP contribution in [-0.2, 0) is 0 Å². The van der Waals surface area contributed by atoms with E-state index in [0.29, 0.717) is 5.92 Å². The molecule has 1 aliphatic heterocycles. The second-order valence-electron chi connectivity index (χ2n) is 6.12. The van der Waals surface area contributed by atoms with E-state index in [0.717, 1.165) is 0 Å². The Morgan fingerprint density at radius 2 is 1.74 bits per heavy atom. The van der Waals surface area contributed by atoms with Gasteiger partial charge in [0.05, 0.1) is 0 Å². The molecule has 1 fully saturated rings. The number of unbranched alkanes of at least 4 members (excludes halogenated alkanes) is 3. The molecule has 19 heavy (non-hydrogen) atoms. The van der Waals surface area contributed by atoms with Crippen LogP contribution in [0.4, 0.5) is 4.39 Å². The van der Waals surface area contributed by atoms with Gasteiger partial charge in [-0.1, -0.05) is 62.9 Å². The summed E-state index contributed by atoms with van der Waals surface area (Å²) in [6.45, 7) is 2.28. The zero-order chi connectivity index (χ0) is 13.5. The fraction of sp³-hybridized carbons (Fsp3) is 0.647. The first kappa shape index (κ1) is 14.8. The van der Waals surface area contributed by atoms with Gasteiger partial charge in [-0.15, -0.1) is 0 Å². The van der Waals surface area contributed by atoms with E-state index >= 15 is 0 Å². The van der Waals surface area contributed by atoms with Crippen molar-refractivity contribution in [1.82, 2.24) is 0 Å². The Morgan fingerprint density at radius 3 is 2.37 bits per heavy atom. The number of halogens is 1. The smallest absolute Gasteiger partial charge is 0.123 e. The normalized spacial score (nSPS) is 23.5. The van der Waals surface area contributed by atoms with Crippen LogP contribution in [0.3, 0.4) is 0 Å². The molecule has 0 N–H and O–H groups in total. The van der Waals surface area contributed by atoms with Crippen LogP contribution < -0.4 is 0 Å². The molecule has 0 atom stereocenters. The molecular weight excluding hydrogens is 251 g/mol. The molecule has 0 bridgehead atoms. The summed E-state index contributed by atoms with van der Waals surface area (Å²) in [6, 6.07) is 11.8. The quantitative estimate of drug-likeness (QED) is 0.475. The van der Waals surface area contributed by atoms with Crippen molar-refractivity contribution in [3.05, 3.63) is 35.6 Å². The lowest BCUT2D eigenvalue weighted by Gasteiger charge is -2.28.